The number of alkyl halides is 2. The summed E-state index contributed by atoms with van der Waals surface area (Å²) in [5, 5.41) is 16.7. The molecule has 7 heteroatoms. The van der Waals surface area contributed by atoms with Crippen LogP contribution in [0.3, 0.4) is 0 Å². The van der Waals surface area contributed by atoms with Crippen molar-refractivity contribution in [1.29, 1.82) is 10.7 Å². The molecule has 1 aromatic carbocycles. The first kappa shape index (κ1) is 17.3. The number of nitrogens with one attached hydrogen (secondary N) is 1. The molecule has 1 aromatic rings. The van der Waals surface area contributed by atoms with Crippen molar-refractivity contribution in [2.24, 2.45) is 0 Å². The van der Waals surface area contributed by atoms with Crippen LogP contribution in [0.2, 0.25) is 0 Å². The van der Waals surface area contributed by atoms with Crippen molar-refractivity contribution in [3.05, 3.63) is 51.3 Å². The second-order valence-electron chi connectivity index (χ2n) is 5.02. The zero-order valence-electron chi connectivity index (χ0n) is 12.1. The minimum Gasteiger partial charge on any atom is -0.439 e. The van der Waals surface area contributed by atoms with Gasteiger partial charge in [-0.3, -0.25) is 5.41 Å². The number of nitrogens with zero attached hydrogens (tertiary/aromatic N) is 1. The van der Waals surface area contributed by atoms with Gasteiger partial charge in [-0.05, 0) is 24.6 Å². The van der Waals surface area contributed by atoms with Gasteiger partial charge in [-0.15, -0.1) is 0 Å². The van der Waals surface area contributed by atoms with Crippen molar-refractivity contribution >= 4 is 21.8 Å². The van der Waals surface area contributed by atoms with E-state index in [1.807, 2.05) is 0 Å². The normalized spacial score (nSPS) is 17.1. The van der Waals surface area contributed by atoms with Crippen molar-refractivity contribution in [3.63, 3.8) is 0 Å². The van der Waals surface area contributed by atoms with Crippen LogP contribution in [0.25, 0.3) is 0 Å². The van der Waals surface area contributed by atoms with E-state index in [9.17, 15) is 13.2 Å². The summed E-state index contributed by atoms with van der Waals surface area (Å²) in [6.07, 6.45) is 0.496. The Balaban J connectivity index is 2.32. The molecule has 0 bridgehead atoms. The van der Waals surface area contributed by atoms with Gasteiger partial charge in [0.15, 0.2) is 0 Å². The molecule has 1 N–H and O–H groups in total. The summed E-state index contributed by atoms with van der Waals surface area (Å²) in [5.41, 5.74) is 0.371. The second kappa shape index (κ2) is 6.59. The lowest BCUT2D eigenvalue weighted by molar-refractivity contribution is 0.0134. The highest BCUT2D eigenvalue weighted by Crippen LogP contribution is 2.44. The predicted molar refractivity (Wildman–Crippen MR) is 83.4 cm³/mol. The first-order chi connectivity index (χ1) is 10.8. The summed E-state index contributed by atoms with van der Waals surface area (Å²) in [7, 11) is 0. The highest BCUT2D eigenvalue weighted by Gasteiger charge is 2.41. The van der Waals surface area contributed by atoms with Gasteiger partial charge in [0, 0.05) is 29.0 Å². The monoisotopic (exact) mass is 384 g/mol. The number of hydrogen-bond donors (Lipinski definition) is 1. The van der Waals surface area contributed by atoms with Gasteiger partial charge in [0.2, 0.25) is 5.90 Å². The van der Waals surface area contributed by atoms with Gasteiger partial charge in [-0.1, -0.05) is 22.0 Å². The second-order valence-corrected chi connectivity index (χ2v) is 5.88. The van der Waals surface area contributed by atoms with Crippen molar-refractivity contribution in [3.8, 4) is 11.8 Å². The smallest absolute Gasteiger partial charge is 0.256 e. The molecule has 3 nitrogen and oxygen atoms in total. The molecule has 2 rings (SSSR count). The number of ether oxygens (including phenoxy) is 1. The van der Waals surface area contributed by atoms with Crippen LogP contribution in [0.4, 0.5) is 13.2 Å². The molecular weight excluding hydrogens is 373 g/mol. The fraction of sp³-hybridized carbons (Fsp3) is 0.250. The Morgan fingerprint density at radius 3 is 2.61 bits per heavy atom. The van der Waals surface area contributed by atoms with Gasteiger partial charge in [-0.2, -0.15) is 5.26 Å². The molecule has 120 valence electrons. The molecule has 0 heterocycles. The molecule has 1 aliphatic carbocycles. The molecule has 0 aliphatic heterocycles. The van der Waals surface area contributed by atoms with Gasteiger partial charge in [0.1, 0.15) is 11.6 Å². The third-order valence-electron chi connectivity index (χ3n) is 3.27. The molecule has 0 radical (unpaired) electrons. The van der Waals surface area contributed by atoms with Crippen LogP contribution >= 0.6 is 15.9 Å². The van der Waals surface area contributed by atoms with Crippen molar-refractivity contribution < 1.29 is 17.9 Å². The lowest BCUT2D eigenvalue weighted by Gasteiger charge is -2.11. The molecule has 1 aliphatic rings. The molecule has 0 aromatic heterocycles. The molecule has 0 amide bonds. The van der Waals surface area contributed by atoms with Gasteiger partial charge < -0.3 is 4.74 Å². The average Bonchev–Trinajstić information content (AvgIpc) is 2.81. The Kier molecular flexibility index (Phi) is 4.95. The van der Waals surface area contributed by atoms with Crippen molar-refractivity contribution in [2.75, 3.05) is 0 Å². The molecule has 0 saturated carbocycles. The Hall–Kier alpha value is -2.07. The zero-order valence-corrected chi connectivity index (χ0v) is 13.7. The van der Waals surface area contributed by atoms with Crippen molar-refractivity contribution in [1.82, 2.24) is 0 Å². The van der Waals surface area contributed by atoms with Crippen LogP contribution in [-0.2, 0) is 0 Å². The summed E-state index contributed by atoms with van der Waals surface area (Å²) in [4.78, 5) is 0. The van der Waals surface area contributed by atoms with Gasteiger partial charge in [0.25, 0.3) is 5.92 Å². The Morgan fingerprint density at radius 1 is 1.35 bits per heavy atom. The van der Waals surface area contributed by atoms with E-state index in [1.165, 1.54) is 6.07 Å². The highest BCUT2D eigenvalue weighted by atomic mass is 79.9. The number of rotatable bonds is 3. The molecular formula is C16H12BrF3N2O. The van der Waals surface area contributed by atoms with Gasteiger partial charge in [0.05, 0.1) is 11.6 Å². The maximum Gasteiger partial charge on any atom is 0.256 e. The Morgan fingerprint density at radius 2 is 2.00 bits per heavy atom. The van der Waals surface area contributed by atoms with Crippen LogP contribution in [0, 0.1) is 22.6 Å². The first-order valence-corrected chi connectivity index (χ1v) is 7.44. The van der Waals surface area contributed by atoms with Gasteiger partial charge >= 0.3 is 0 Å². The quantitative estimate of drug-likeness (QED) is 0.583. The summed E-state index contributed by atoms with van der Waals surface area (Å²) >= 11 is 3.20. The zero-order chi connectivity index (χ0) is 17.2. The lowest BCUT2D eigenvalue weighted by atomic mass is 10.1. The number of halogens is 4. The maximum absolute atomic E-state index is 13.7. The predicted octanol–water partition coefficient (Wildman–Crippen LogP) is 5.08. The number of hydrogen-bond acceptors (Lipinski definition) is 3. The fourth-order valence-electron chi connectivity index (χ4n) is 2.28. The minimum absolute atomic E-state index is 0.0217. The van der Waals surface area contributed by atoms with E-state index >= 15 is 0 Å². The van der Waals surface area contributed by atoms with E-state index in [1.54, 1.807) is 19.1 Å². The standard InChI is InChI=1S/C16H12BrF3N2O/c1-2-14(17)12-6-16(19,20)7-13(12)15(22)23-11-4-9(8-21)3-10(18)5-11/h2-5,22H,6-7H2,1H3/b14-2+,22-15?. The maximum atomic E-state index is 13.7. The molecule has 0 saturated heterocycles. The van der Waals surface area contributed by atoms with E-state index in [4.69, 9.17) is 15.4 Å². The molecule has 0 unspecified atom stereocenters. The van der Waals surface area contributed by atoms with Crippen LogP contribution < -0.4 is 4.74 Å². The van der Waals surface area contributed by atoms with Crippen molar-refractivity contribution in [2.45, 2.75) is 25.7 Å². The van der Waals surface area contributed by atoms with Gasteiger partial charge in [-0.25, -0.2) is 13.2 Å². The summed E-state index contributed by atoms with van der Waals surface area (Å²) in [5.74, 6) is -4.22. The SMILES string of the molecule is C/C=C(/Br)C1=C(C(=N)Oc2cc(F)cc(C#N)c2)CC(F)(F)C1. The molecule has 0 spiro atoms. The topological polar surface area (TPSA) is 56.9 Å². The van der Waals surface area contributed by atoms with E-state index in [-0.39, 0.29) is 16.9 Å². The molecule has 23 heavy (non-hydrogen) atoms. The number of allylic oxidation sites excluding steroid dienone is 3. The Labute approximate surface area is 139 Å². The largest absolute Gasteiger partial charge is 0.439 e. The third-order valence-corrected chi connectivity index (χ3v) is 4.21. The highest BCUT2D eigenvalue weighted by molar-refractivity contribution is 9.12. The number of benzene rings is 1. The van der Waals surface area contributed by atoms with E-state index in [0.29, 0.717) is 10.1 Å². The average molecular weight is 385 g/mol. The molecule has 0 atom stereocenters. The summed E-state index contributed by atoms with van der Waals surface area (Å²) < 4.78 is 46.4. The lowest BCUT2D eigenvalue weighted by Crippen LogP contribution is -2.15. The minimum atomic E-state index is -2.96. The van der Waals surface area contributed by atoms with Crippen LogP contribution in [0.15, 0.2) is 39.9 Å². The van der Waals surface area contributed by atoms with E-state index < -0.39 is 30.5 Å². The van der Waals surface area contributed by atoms with Crippen LogP contribution in [-0.4, -0.2) is 11.8 Å². The summed E-state index contributed by atoms with van der Waals surface area (Å²) in [6.45, 7) is 1.68. The number of nitriles is 1. The fourth-order valence-corrected chi connectivity index (χ4v) is 2.66. The summed E-state index contributed by atoms with van der Waals surface area (Å²) in [6, 6.07) is 5.02. The molecule has 0 fully saturated rings. The third kappa shape index (κ3) is 4.02. The van der Waals surface area contributed by atoms with Crippen LogP contribution in [0.1, 0.15) is 25.3 Å². The first-order valence-electron chi connectivity index (χ1n) is 6.65. The van der Waals surface area contributed by atoms with Crippen LogP contribution in [0.5, 0.6) is 5.75 Å². The van der Waals surface area contributed by atoms with E-state index in [0.717, 1.165) is 12.1 Å². The Bertz CT molecular complexity index is 763. The van der Waals surface area contributed by atoms with E-state index in [2.05, 4.69) is 15.9 Å².